The molecule has 3 N–H and O–H groups in total. The van der Waals surface area contributed by atoms with Crippen LogP contribution in [0, 0.1) is 5.92 Å². The van der Waals surface area contributed by atoms with Crippen LogP contribution in [0.15, 0.2) is 23.2 Å². The van der Waals surface area contributed by atoms with Crippen LogP contribution >= 0.6 is 0 Å². The van der Waals surface area contributed by atoms with Gasteiger partial charge in [-0.05, 0) is 43.3 Å². The first-order valence-corrected chi connectivity index (χ1v) is 5.07. The molecule has 0 aromatic heterocycles. The topological polar surface area (TPSA) is 63.3 Å². The molecule has 0 aromatic carbocycles. The first-order chi connectivity index (χ1) is 7.02. The quantitative estimate of drug-likeness (QED) is 0.393. The van der Waals surface area contributed by atoms with Crippen LogP contribution in [0.5, 0.6) is 0 Å². The second-order valence-corrected chi connectivity index (χ2v) is 3.62. The van der Waals surface area contributed by atoms with Crippen LogP contribution in [-0.2, 0) is 4.79 Å². The number of hydrogen-bond donors (Lipinski definition) is 2. The molecule has 1 unspecified atom stereocenters. The molecule has 2 radical (unpaired) electrons. The Kier molecular flexibility index (Phi) is 6.79. The molecule has 15 heavy (non-hydrogen) atoms. The average molecular weight is 207 g/mol. The van der Waals surface area contributed by atoms with E-state index in [-0.39, 0.29) is 5.47 Å². The largest absolute Gasteiger partial charge is 0.478 e. The van der Waals surface area contributed by atoms with Gasteiger partial charge in [0, 0.05) is 0 Å². The predicted molar refractivity (Wildman–Crippen MR) is 62.7 cm³/mol. The molecule has 1 atom stereocenters. The molecular weight excluding hydrogens is 189 g/mol. The van der Waals surface area contributed by atoms with Gasteiger partial charge in [0.15, 0.2) is 0 Å². The minimum atomic E-state index is -1.07. The third kappa shape index (κ3) is 5.42. The summed E-state index contributed by atoms with van der Waals surface area (Å²) >= 11 is 0. The zero-order valence-corrected chi connectivity index (χ0v) is 9.36. The van der Waals surface area contributed by atoms with Crippen molar-refractivity contribution < 1.29 is 9.90 Å². The molecule has 0 heterocycles. The third-order valence-corrected chi connectivity index (χ3v) is 2.25. The summed E-state index contributed by atoms with van der Waals surface area (Å²) < 4.78 is 0. The number of rotatable bonds is 6. The Labute approximate surface area is 92.5 Å². The Morgan fingerprint density at radius 3 is 2.60 bits per heavy atom. The standard InChI is InChI=1S/C11H18BNO2/c1-3-4-9(10(12)11(14)15)6-5-8(2)7-13/h3-4,8H,5-7,13H2,1-2H3,(H,14,15)/b4-3-,10-9+. The van der Waals surface area contributed by atoms with Crippen LogP contribution in [0.4, 0.5) is 0 Å². The lowest BCUT2D eigenvalue weighted by molar-refractivity contribution is -0.131. The molecule has 0 aliphatic heterocycles. The number of carbonyl (C=O) groups is 1. The van der Waals surface area contributed by atoms with Gasteiger partial charge >= 0.3 is 5.97 Å². The van der Waals surface area contributed by atoms with Crippen molar-refractivity contribution in [3.05, 3.63) is 23.2 Å². The third-order valence-electron chi connectivity index (χ3n) is 2.25. The second-order valence-electron chi connectivity index (χ2n) is 3.62. The Hall–Kier alpha value is -1.03. The van der Waals surface area contributed by atoms with E-state index in [2.05, 4.69) is 0 Å². The van der Waals surface area contributed by atoms with Gasteiger partial charge < -0.3 is 10.8 Å². The van der Waals surface area contributed by atoms with Crippen LogP contribution in [0.1, 0.15) is 26.7 Å². The highest BCUT2D eigenvalue weighted by Gasteiger charge is 2.07. The molecule has 0 amide bonds. The van der Waals surface area contributed by atoms with E-state index >= 15 is 0 Å². The normalized spacial score (nSPS) is 15.1. The fourth-order valence-electron chi connectivity index (χ4n) is 1.17. The Balaban J connectivity index is 4.55. The summed E-state index contributed by atoms with van der Waals surface area (Å²) in [5, 5.41) is 8.76. The van der Waals surface area contributed by atoms with Gasteiger partial charge in [-0.2, -0.15) is 0 Å². The summed E-state index contributed by atoms with van der Waals surface area (Å²) in [6, 6.07) is 0. The summed E-state index contributed by atoms with van der Waals surface area (Å²) in [6.45, 7) is 4.47. The summed E-state index contributed by atoms with van der Waals surface area (Å²) in [5.74, 6) is -0.685. The molecule has 0 aliphatic carbocycles. The Morgan fingerprint density at radius 1 is 1.60 bits per heavy atom. The van der Waals surface area contributed by atoms with Crippen molar-refractivity contribution in [3.8, 4) is 0 Å². The van der Waals surface area contributed by atoms with Gasteiger partial charge in [0.05, 0.1) is 0 Å². The lowest BCUT2D eigenvalue weighted by Crippen LogP contribution is -2.11. The van der Waals surface area contributed by atoms with E-state index in [0.29, 0.717) is 24.5 Å². The first kappa shape index (κ1) is 14.0. The highest BCUT2D eigenvalue weighted by atomic mass is 16.4. The van der Waals surface area contributed by atoms with Gasteiger partial charge in [-0.25, -0.2) is 4.79 Å². The van der Waals surface area contributed by atoms with Crippen LogP contribution in [-0.4, -0.2) is 25.5 Å². The molecule has 0 saturated heterocycles. The molecule has 0 aromatic rings. The van der Waals surface area contributed by atoms with E-state index in [1.807, 2.05) is 13.8 Å². The molecule has 4 heteroatoms. The maximum atomic E-state index is 10.7. The van der Waals surface area contributed by atoms with Gasteiger partial charge in [-0.3, -0.25) is 0 Å². The number of carboxylic acid groups (broad SMARTS) is 1. The fourth-order valence-corrected chi connectivity index (χ4v) is 1.17. The zero-order chi connectivity index (χ0) is 11.8. The average Bonchev–Trinajstić information content (AvgIpc) is 2.22. The number of hydrogen-bond acceptors (Lipinski definition) is 2. The van der Waals surface area contributed by atoms with Gasteiger partial charge in [0.25, 0.3) is 0 Å². The molecule has 0 spiro atoms. The van der Waals surface area contributed by atoms with E-state index in [1.54, 1.807) is 12.2 Å². The van der Waals surface area contributed by atoms with Crippen molar-refractivity contribution in [1.82, 2.24) is 0 Å². The van der Waals surface area contributed by atoms with E-state index < -0.39 is 5.97 Å². The van der Waals surface area contributed by atoms with Gasteiger partial charge in [-0.15, -0.1) is 0 Å². The molecule has 3 nitrogen and oxygen atoms in total. The molecule has 0 bridgehead atoms. The van der Waals surface area contributed by atoms with Crippen LogP contribution in [0.25, 0.3) is 0 Å². The van der Waals surface area contributed by atoms with Crippen LogP contribution < -0.4 is 5.73 Å². The first-order valence-electron chi connectivity index (χ1n) is 5.07. The Morgan fingerprint density at radius 2 is 2.20 bits per heavy atom. The highest BCUT2D eigenvalue weighted by molar-refractivity contribution is 6.35. The summed E-state index contributed by atoms with van der Waals surface area (Å²) in [4.78, 5) is 10.7. The molecule has 0 rings (SSSR count). The van der Waals surface area contributed by atoms with E-state index in [0.717, 1.165) is 6.42 Å². The van der Waals surface area contributed by atoms with Gasteiger partial charge in [-0.1, -0.05) is 19.1 Å². The predicted octanol–water partition coefficient (Wildman–Crippen LogP) is 1.44. The Bertz CT molecular complexity index is 272. The number of nitrogens with two attached hydrogens (primary N) is 1. The van der Waals surface area contributed by atoms with E-state index in [1.165, 1.54) is 0 Å². The second kappa shape index (κ2) is 7.29. The lowest BCUT2D eigenvalue weighted by Gasteiger charge is -2.10. The fraction of sp³-hybridized carbons (Fsp3) is 0.545. The van der Waals surface area contributed by atoms with Crippen LogP contribution in [0.3, 0.4) is 0 Å². The van der Waals surface area contributed by atoms with Crippen molar-refractivity contribution in [1.29, 1.82) is 0 Å². The molecule has 82 valence electrons. The molecule has 0 saturated carbocycles. The number of aliphatic carboxylic acids is 1. The molecular formula is C11H18BNO2. The summed E-state index contributed by atoms with van der Waals surface area (Å²) in [6.07, 6.45) is 5.04. The monoisotopic (exact) mass is 207 g/mol. The van der Waals surface area contributed by atoms with Crippen molar-refractivity contribution >= 4 is 13.8 Å². The van der Waals surface area contributed by atoms with Gasteiger partial charge in [0.1, 0.15) is 7.85 Å². The van der Waals surface area contributed by atoms with E-state index in [9.17, 15) is 4.79 Å². The maximum absolute atomic E-state index is 10.7. The summed E-state index contributed by atoms with van der Waals surface area (Å²) in [7, 11) is 5.47. The van der Waals surface area contributed by atoms with Crippen molar-refractivity contribution in [2.75, 3.05) is 6.54 Å². The minimum Gasteiger partial charge on any atom is -0.478 e. The van der Waals surface area contributed by atoms with E-state index in [4.69, 9.17) is 18.7 Å². The molecule has 0 fully saturated rings. The highest BCUT2D eigenvalue weighted by Crippen LogP contribution is 2.15. The lowest BCUT2D eigenvalue weighted by atomic mass is 9.86. The smallest absolute Gasteiger partial charge is 0.321 e. The van der Waals surface area contributed by atoms with Crippen LogP contribution in [0.2, 0.25) is 0 Å². The SMILES string of the molecule is [B]/C(C(=O)O)=C(\C=C/C)CCC(C)CN. The minimum absolute atomic E-state index is 0.0719. The zero-order valence-electron chi connectivity index (χ0n) is 9.36. The summed E-state index contributed by atoms with van der Waals surface area (Å²) in [5.41, 5.74) is 6.09. The molecule has 0 aliphatic rings. The van der Waals surface area contributed by atoms with Gasteiger partial charge in [0.2, 0.25) is 0 Å². The van der Waals surface area contributed by atoms with Crippen molar-refractivity contribution in [2.45, 2.75) is 26.7 Å². The number of allylic oxidation sites excluding steroid dienone is 3. The van der Waals surface area contributed by atoms with Crippen molar-refractivity contribution in [2.24, 2.45) is 11.7 Å². The number of carboxylic acids is 1. The maximum Gasteiger partial charge on any atom is 0.321 e. The van der Waals surface area contributed by atoms with Crippen molar-refractivity contribution in [3.63, 3.8) is 0 Å².